The number of aryl methyl sites for hydroxylation is 2. The van der Waals surface area contributed by atoms with E-state index in [9.17, 15) is 0 Å². The lowest BCUT2D eigenvalue weighted by atomic mass is 10.1. The van der Waals surface area contributed by atoms with E-state index in [0.717, 1.165) is 46.8 Å². The van der Waals surface area contributed by atoms with Gasteiger partial charge in [-0.15, -0.1) is 21.5 Å². The van der Waals surface area contributed by atoms with Gasteiger partial charge in [0.25, 0.3) is 0 Å². The topological polar surface area (TPSA) is 43.6 Å². The third-order valence-electron chi connectivity index (χ3n) is 4.59. The fourth-order valence-electron chi connectivity index (χ4n) is 3.09. The molecule has 0 atom stereocenters. The monoisotopic (exact) mass is 370 g/mol. The zero-order valence-electron chi connectivity index (χ0n) is 14.4. The van der Waals surface area contributed by atoms with Crippen LogP contribution < -0.4 is 0 Å². The Bertz CT molecular complexity index is 835. The second-order valence-corrected chi connectivity index (χ2v) is 8.14. The maximum atomic E-state index is 4.81. The molecule has 2 aromatic heterocycles. The van der Waals surface area contributed by atoms with Crippen LogP contribution in [-0.2, 0) is 25.1 Å². The number of fused-ring (bicyclic) bond motifs is 1. The Morgan fingerprint density at radius 1 is 1.12 bits per heavy atom. The van der Waals surface area contributed by atoms with Crippen molar-refractivity contribution in [1.82, 2.24) is 19.7 Å². The van der Waals surface area contributed by atoms with E-state index in [1.54, 1.807) is 23.1 Å². The summed E-state index contributed by atoms with van der Waals surface area (Å²) in [7, 11) is 0. The molecule has 0 spiro atoms. The molecule has 0 unspecified atom stereocenters. The number of nitrogens with zero attached hydrogens (tertiary/aromatic N) is 4. The summed E-state index contributed by atoms with van der Waals surface area (Å²) in [6.07, 6.45) is 5.88. The summed E-state index contributed by atoms with van der Waals surface area (Å²) in [6.45, 7) is 3.23. The number of hydrogen-bond donors (Lipinski definition) is 0. The lowest BCUT2D eigenvalue weighted by molar-refractivity contribution is 0.591. The van der Waals surface area contributed by atoms with Gasteiger partial charge in [-0.25, -0.2) is 4.98 Å². The summed E-state index contributed by atoms with van der Waals surface area (Å²) in [4.78, 5) is 4.81. The summed E-state index contributed by atoms with van der Waals surface area (Å²) >= 11 is 3.47. The number of benzene rings is 1. The van der Waals surface area contributed by atoms with Crippen molar-refractivity contribution in [2.24, 2.45) is 0 Å². The summed E-state index contributed by atoms with van der Waals surface area (Å²) in [5.74, 6) is 2.00. The second-order valence-electron chi connectivity index (χ2n) is 6.34. The van der Waals surface area contributed by atoms with Crippen LogP contribution in [0.25, 0.3) is 10.6 Å². The molecule has 1 aliphatic heterocycles. The molecule has 1 aliphatic rings. The Morgan fingerprint density at radius 2 is 2.00 bits per heavy atom. The highest BCUT2D eigenvalue weighted by Crippen LogP contribution is 2.28. The molecule has 0 amide bonds. The third kappa shape index (κ3) is 3.80. The largest absolute Gasteiger partial charge is 0.306 e. The quantitative estimate of drug-likeness (QED) is 0.594. The van der Waals surface area contributed by atoms with Gasteiger partial charge < -0.3 is 4.57 Å². The van der Waals surface area contributed by atoms with E-state index in [2.05, 4.69) is 51.3 Å². The van der Waals surface area contributed by atoms with Gasteiger partial charge in [0.15, 0.2) is 5.16 Å². The van der Waals surface area contributed by atoms with Gasteiger partial charge >= 0.3 is 0 Å². The van der Waals surface area contributed by atoms with E-state index in [4.69, 9.17) is 4.98 Å². The average Bonchev–Trinajstić information content (AvgIpc) is 3.21. The van der Waals surface area contributed by atoms with E-state index in [-0.39, 0.29) is 0 Å². The minimum absolute atomic E-state index is 0.849. The minimum Gasteiger partial charge on any atom is -0.306 e. The fraction of sp³-hybridized carbons (Fsp3) is 0.421. The lowest BCUT2D eigenvalue weighted by Crippen LogP contribution is -2.02. The average molecular weight is 371 g/mol. The molecule has 6 heteroatoms. The van der Waals surface area contributed by atoms with Crippen LogP contribution in [0.4, 0.5) is 0 Å². The van der Waals surface area contributed by atoms with Crippen LogP contribution in [0.2, 0.25) is 0 Å². The van der Waals surface area contributed by atoms with Gasteiger partial charge in [-0.2, -0.15) is 0 Å². The Labute approximate surface area is 156 Å². The maximum Gasteiger partial charge on any atom is 0.191 e. The Kier molecular flexibility index (Phi) is 5.17. The van der Waals surface area contributed by atoms with Gasteiger partial charge in [-0.05, 0) is 24.8 Å². The molecular weight excluding hydrogens is 348 g/mol. The van der Waals surface area contributed by atoms with Crippen molar-refractivity contribution in [1.29, 1.82) is 0 Å². The molecule has 0 aliphatic carbocycles. The van der Waals surface area contributed by atoms with Crippen molar-refractivity contribution in [3.05, 3.63) is 46.7 Å². The molecule has 25 heavy (non-hydrogen) atoms. The highest BCUT2D eigenvalue weighted by atomic mass is 32.2. The van der Waals surface area contributed by atoms with Gasteiger partial charge in [0.2, 0.25) is 0 Å². The molecule has 3 aromatic rings. The molecule has 3 heterocycles. The predicted molar refractivity (Wildman–Crippen MR) is 104 cm³/mol. The third-order valence-corrected chi connectivity index (χ3v) is 6.53. The first-order valence-corrected chi connectivity index (χ1v) is 10.8. The minimum atomic E-state index is 0.849. The zero-order valence-corrected chi connectivity index (χ0v) is 16.1. The Morgan fingerprint density at radius 3 is 2.84 bits per heavy atom. The van der Waals surface area contributed by atoms with Gasteiger partial charge in [0.05, 0.1) is 5.69 Å². The fourth-order valence-corrected chi connectivity index (χ4v) is 4.90. The Hall–Kier alpha value is -1.66. The van der Waals surface area contributed by atoms with Crippen LogP contribution in [0.3, 0.4) is 0 Å². The van der Waals surface area contributed by atoms with Crippen molar-refractivity contribution in [2.45, 2.75) is 56.5 Å². The van der Waals surface area contributed by atoms with Gasteiger partial charge in [0, 0.05) is 29.7 Å². The van der Waals surface area contributed by atoms with Gasteiger partial charge in [0.1, 0.15) is 10.8 Å². The Balaban J connectivity index is 1.44. The van der Waals surface area contributed by atoms with Crippen molar-refractivity contribution >= 4 is 23.1 Å². The van der Waals surface area contributed by atoms with Crippen molar-refractivity contribution < 1.29 is 0 Å². The van der Waals surface area contributed by atoms with Crippen molar-refractivity contribution in [2.75, 3.05) is 0 Å². The molecule has 0 saturated heterocycles. The maximum absolute atomic E-state index is 4.81. The van der Waals surface area contributed by atoms with Gasteiger partial charge in [-0.1, -0.05) is 49.4 Å². The smallest absolute Gasteiger partial charge is 0.191 e. The van der Waals surface area contributed by atoms with Crippen LogP contribution in [0, 0.1) is 0 Å². The number of hydrogen-bond acceptors (Lipinski definition) is 5. The highest BCUT2D eigenvalue weighted by Gasteiger charge is 2.15. The molecular formula is C19H22N4S2. The number of rotatable bonds is 5. The number of thioether (sulfide) groups is 1. The molecule has 4 nitrogen and oxygen atoms in total. The van der Waals surface area contributed by atoms with Crippen molar-refractivity contribution in [3.8, 4) is 10.6 Å². The van der Waals surface area contributed by atoms with Crippen LogP contribution in [0.1, 0.15) is 43.3 Å². The summed E-state index contributed by atoms with van der Waals surface area (Å²) in [5, 5.41) is 13.1. The molecule has 1 aromatic carbocycles. The molecule has 0 N–H and O–H groups in total. The molecule has 130 valence electrons. The van der Waals surface area contributed by atoms with Crippen LogP contribution in [0.15, 0.2) is 34.8 Å². The van der Waals surface area contributed by atoms with E-state index >= 15 is 0 Å². The van der Waals surface area contributed by atoms with Crippen LogP contribution in [0.5, 0.6) is 0 Å². The van der Waals surface area contributed by atoms with Gasteiger partial charge in [-0.3, -0.25) is 0 Å². The standard InChI is InChI=1S/C19H22N4S2/c1-2-14-7-9-15(10-8-14)18-20-16(12-24-18)13-25-19-22-21-17-6-4-3-5-11-23(17)19/h7-10,12H,2-6,11,13H2,1H3. The first-order valence-electron chi connectivity index (χ1n) is 8.92. The summed E-state index contributed by atoms with van der Waals surface area (Å²) in [5.41, 5.74) is 3.69. The molecule has 0 radical (unpaired) electrons. The summed E-state index contributed by atoms with van der Waals surface area (Å²) < 4.78 is 2.30. The summed E-state index contributed by atoms with van der Waals surface area (Å²) in [6, 6.07) is 8.73. The van der Waals surface area contributed by atoms with E-state index in [1.165, 1.54) is 30.4 Å². The van der Waals surface area contributed by atoms with Crippen LogP contribution >= 0.6 is 23.1 Å². The first-order chi connectivity index (χ1) is 12.3. The predicted octanol–water partition coefficient (Wildman–Crippen LogP) is 4.98. The number of aromatic nitrogens is 4. The van der Waals surface area contributed by atoms with E-state index in [1.807, 2.05) is 0 Å². The molecule has 4 rings (SSSR count). The highest BCUT2D eigenvalue weighted by molar-refractivity contribution is 7.98. The van der Waals surface area contributed by atoms with Crippen LogP contribution in [-0.4, -0.2) is 19.7 Å². The zero-order chi connectivity index (χ0) is 17.1. The van der Waals surface area contributed by atoms with Crippen molar-refractivity contribution in [3.63, 3.8) is 0 Å². The first kappa shape index (κ1) is 16.8. The lowest BCUT2D eigenvalue weighted by Gasteiger charge is -2.05. The van der Waals surface area contributed by atoms with E-state index < -0.39 is 0 Å². The number of thiazole rings is 1. The molecule has 0 saturated carbocycles. The van der Waals surface area contributed by atoms with E-state index in [0.29, 0.717) is 0 Å². The molecule has 0 fully saturated rings. The molecule has 0 bridgehead atoms. The normalized spacial score (nSPS) is 14.3. The SMILES string of the molecule is CCc1ccc(-c2nc(CSc3nnc4n3CCCCC4)cs2)cc1. The second kappa shape index (κ2) is 7.70.